The maximum Gasteiger partial charge on any atom is 0.0759 e. The maximum atomic E-state index is 6.22. The highest BCUT2D eigenvalue weighted by molar-refractivity contribution is 6.31. The van der Waals surface area contributed by atoms with Gasteiger partial charge in [0, 0.05) is 6.20 Å². The maximum absolute atomic E-state index is 6.22. The quantitative estimate of drug-likeness (QED) is 0.788. The summed E-state index contributed by atoms with van der Waals surface area (Å²) in [6, 6.07) is 4.08. The van der Waals surface area contributed by atoms with Gasteiger partial charge in [-0.25, -0.2) is 0 Å². The second kappa shape index (κ2) is 7.67. The summed E-state index contributed by atoms with van der Waals surface area (Å²) in [7, 11) is 0. The number of halogens is 1. The molecule has 0 amide bonds. The largest absolute Gasteiger partial charge is 0.309 e. The summed E-state index contributed by atoms with van der Waals surface area (Å²) in [5, 5.41) is 4.26. The van der Waals surface area contributed by atoms with Crippen LogP contribution in [0.15, 0.2) is 18.3 Å². The van der Waals surface area contributed by atoms with Crippen LogP contribution < -0.4 is 5.32 Å². The van der Waals surface area contributed by atoms with Crippen molar-refractivity contribution < 1.29 is 0 Å². The van der Waals surface area contributed by atoms with Crippen LogP contribution in [0.4, 0.5) is 0 Å². The van der Waals surface area contributed by atoms with Crippen molar-refractivity contribution in [2.75, 3.05) is 6.54 Å². The van der Waals surface area contributed by atoms with Crippen LogP contribution in [0, 0.1) is 5.92 Å². The van der Waals surface area contributed by atoms with Gasteiger partial charge in [-0.05, 0) is 31.0 Å². The van der Waals surface area contributed by atoms with Gasteiger partial charge in [-0.3, -0.25) is 4.98 Å². The predicted octanol–water partition coefficient (Wildman–Crippen LogP) is 4.21. The van der Waals surface area contributed by atoms with E-state index in [0.717, 1.165) is 29.6 Å². The van der Waals surface area contributed by atoms with Gasteiger partial charge in [0.05, 0.1) is 16.8 Å². The smallest absolute Gasteiger partial charge is 0.0759 e. The first-order valence-corrected chi connectivity index (χ1v) is 6.94. The van der Waals surface area contributed by atoms with E-state index in [-0.39, 0.29) is 6.04 Å². The molecule has 0 aliphatic heterocycles. The van der Waals surface area contributed by atoms with E-state index >= 15 is 0 Å². The first-order chi connectivity index (χ1) is 8.22. The summed E-state index contributed by atoms with van der Waals surface area (Å²) in [5.41, 5.74) is 0.989. The molecule has 17 heavy (non-hydrogen) atoms. The van der Waals surface area contributed by atoms with E-state index in [1.54, 1.807) is 0 Å². The van der Waals surface area contributed by atoms with E-state index in [9.17, 15) is 0 Å². The highest BCUT2D eigenvalue weighted by Crippen LogP contribution is 2.28. The van der Waals surface area contributed by atoms with E-state index < -0.39 is 0 Å². The molecule has 96 valence electrons. The lowest BCUT2D eigenvalue weighted by Gasteiger charge is -2.23. The summed E-state index contributed by atoms with van der Waals surface area (Å²) in [6.07, 6.45) is 5.35. The lowest BCUT2D eigenvalue weighted by atomic mass is 9.93. The Kier molecular flexibility index (Phi) is 6.53. The third-order valence-electron chi connectivity index (χ3n) is 3.29. The average molecular weight is 255 g/mol. The van der Waals surface area contributed by atoms with Crippen LogP contribution >= 0.6 is 11.6 Å². The molecule has 0 spiro atoms. The Labute approximate surface area is 110 Å². The van der Waals surface area contributed by atoms with Crippen LogP contribution in [0.2, 0.25) is 5.02 Å². The molecule has 1 N–H and O–H groups in total. The van der Waals surface area contributed by atoms with Gasteiger partial charge in [-0.2, -0.15) is 0 Å². The van der Waals surface area contributed by atoms with E-state index in [1.807, 2.05) is 18.3 Å². The molecule has 1 aromatic heterocycles. The lowest BCUT2D eigenvalue weighted by Crippen LogP contribution is -2.24. The molecule has 0 aliphatic rings. The van der Waals surface area contributed by atoms with E-state index in [0.29, 0.717) is 0 Å². The van der Waals surface area contributed by atoms with Crippen molar-refractivity contribution in [1.29, 1.82) is 0 Å². The van der Waals surface area contributed by atoms with E-state index in [1.165, 1.54) is 12.8 Å². The fraction of sp³-hybridized carbons (Fsp3) is 0.643. The lowest BCUT2D eigenvalue weighted by molar-refractivity contribution is 0.371. The van der Waals surface area contributed by atoms with Crippen LogP contribution in [0.25, 0.3) is 0 Å². The molecule has 0 aromatic carbocycles. The molecular weight excluding hydrogens is 232 g/mol. The molecule has 1 unspecified atom stereocenters. The van der Waals surface area contributed by atoms with Crippen molar-refractivity contribution >= 4 is 11.6 Å². The van der Waals surface area contributed by atoms with Crippen LogP contribution in [0.5, 0.6) is 0 Å². The van der Waals surface area contributed by atoms with Gasteiger partial charge >= 0.3 is 0 Å². The molecule has 0 bridgehead atoms. The first kappa shape index (κ1) is 14.5. The van der Waals surface area contributed by atoms with Crippen molar-refractivity contribution in [3.63, 3.8) is 0 Å². The third kappa shape index (κ3) is 4.29. The van der Waals surface area contributed by atoms with Crippen molar-refractivity contribution in [2.45, 2.75) is 46.1 Å². The van der Waals surface area contributed by atoms with Gasteiger partial charge in [0.1, 0.15) is 0 Å². The highest BCUT2D eigenvalue weighted by Gasteiger charge is 2.18. The number of nitrogens with one attached hydrogen (secondary N) is 1. The van der Waals surface area contributed by atoms with Crippen molar-refractivity contribution in [3.05, 3.63) is 29.0 Å². The zero-order valence-electron chi connectivity index (χ0n) is 11.0. The molecule has 0 saturated heterocycles. The fourth-order valence-corrected chi connectivity index (χ4v) is 2.40. The number of rotatable bonds is 7. The van der Waals surface area contributed by atoms with Gasteiger partial charge in [0.15, 0.2) is 0 Å². The van der Waals surface area contributed by atoms with Gasteiger partial charge in [0.2, 0.25) is 0 Å². The number of hydrogen-bond acceptors (Lipinski definition) is 2. The molecule has 3 heteroatoms. The number of nitrogens with zero attached hydrogens (tertiary/aromatic N) is 1. The second-order valence-corrected chi connectivity index (χ2v) is 4.81. The summed E-state index contributed by atoms with van der Waals surface area (Å²) >= 11 is 6.22. The molecule has 1 aromatic rings. The van der Waals surface area contributed by atoms with Crippen LogP contribution in [-0.4, -0.2) is 11.5 Å². The average Bonchev–Trinajstić information content (AvgIpc) is 2.35. The Balaban J connectivity index is 2.81. The molecule has 0 radical (unpaired) electrons. The second-order valence-electron chi connectivity index (χ2n) is 4.40. The molecule has 0 saturated carbocycles. The summed E-state index contributed by atoms with van der Waals surface area (Å²) in [5.74, 6) is 0.733. The monoisotopic (exact) mass is 254 g/mol. The van der Waals surface area contributed by atoms with Crippen molar-refractivity contribution in [1.82, 2.24) is 10.3 Å². The number of pyridine rings is 1. The van der Waals surface area contributed by atoms with E-state index in [4.69, 9.17) is 11.6 Å². The molecule has 1 heterocycles. The number of aromatic nitrogens is 1. The Morgan fingerprint density at radius 2 is 2.00 bits per heavy atom. The van der Waals surface area contributed by atoms with E-state index in [2.05, 4.69) is 31.1 Å². The SMILES string of the molecule is CCNC(CC(CC)CC)c1ncccc1Cl. The fourth-order valence-electron chi connectivity index (χ4n) is 2.15. The van der Waals surface area contributed by atoms with Gasteiger partial charge in [-0.1, -0.05) is 45.2 Å². The molecule has 2 nitrogen and oxygen atoms in total. The number of hydrogen-bond donors (Lipinski definition) is 1. The summed E-state index contributed by atoms with van der Waals surface area (Å²) in [6.45, 7) is 7.56. The normalized spacial score (nSPS) is 13.0. The minimum atomic E-state index is 0.276. The third-order valence-corrected chi connectivity index (χ3v) is 3.61. The zero-order chi connectivity index (χ0) is 12.7. The standard InChI is InChI=1S/C14H23ClN2/c1-4-11(5-2)10-13(16-6-3)14-12(15)8-7-9-17-14/h7-9,11,13,16H,4-6,10H2,1-3H3. The molecule has 1 rings (SSSR count). The zero-order valence-corrected chi connectivity index (χ0v) is 11.8. The Bertz CT molecular complexity index is 324. The van der Waals surface area contributed by atoms with Crippen molar-refractivity contribution in [2.24, 2.45) is 5.92 Å². The molecule has 0 fully saturated rings. The molecule has 0 aliphatic carbocycles. The summed E-state index contributed by atoms with van der Waals surface area (Å²) in [4.78, 5) is 4.42. The summed E-state index contributed by atoms with van der Waals surface area (Å²) < 4.78 is 0. The molecule has 1 atom stereocenters. The van der Waals surface area contributed by atoms with Gasteiger partial charge in [-0.15, -0.1) is 0 Å². The topological polar surface area (TPSA) is 24.9 Å². The first-order valence-electron chi connectivity index (χ1n) is 6.56. The Hall–Kier alpha value is -0.600. The molecular formula is C14H23ClN2. The minimum Gasteiger partial charge on any atom is -0.309 e. The Morgan fingerprint density at radius 1 is 1.29 bits per heavy atom. The van der Waals surface area contributed by atoms with Crippen LogP contribution in [0.1, 0.15) is 51.8 Å². The van der Waals surface area contributed by atoms with Crippen LogP contribution in [-0.2, 0) is 0 Å². The van der Waals surface area contributed by atoms with Gasteiger partial charge in [0.25, 0.3) is 0 Å². The Morgan fingerprint density at radius 3 is 2.53 bits per heavy atom. The highest BCUT2D eigenvalue weighted by atomic mass is 35.5. The van der Waals surface area contributed by atoms with Crippen LogP contribution in [0.3, 0.4) is 0 Å². The van der Waals surface area contributed by atoms with Gasteiger partial charge < -0.3 is 5.32 Å². The minimum absolute atomic E-state index is 0.276. The predicted molar refractivity (Wildman–Crippen MR) is 74.4 cm³/mol. The van der Waals surface area contributed by atoms with Crippen molar-refractivity contribution in [3.8, 4) is 0 Å².